The summed E-state index contributed by atoms with van der Waals surface area (Å²) in [6, 6.07) is 3.27. The van der Waals surface area contributed by atoms with Crippen LogP contribution in [0.3, 0.4) is 0 Å². The molecule has 0 aliphatic carbocycles. The van der Waals surface area contributed by atoms with Gasteiger partial charge in [0.05, 0.1) is 36.5 Å². The number of carbonyl (C=O) groups is 1. The van der Waals surface area contributed by atoms with E-state index < -0.39 is 41.0 Å². The van der Waals surface area contributed by atoms with Crippen LogP contribution in [-0.2, 0) is 17.5 Å². The third-order valence-electron chi connectivity index (χ3n) is 2.28. The van der Waals surface area contributed by atoms with E-state index in [2.05, 4.69) is 4.74 Å². The van der Waals surface area contributed by atoms with Crippen LogP contribution in [0.4, 0.5) is 13.2 Å². The second-order valence-electron chi connectivity index (χ2n) is 3.27. The van der Waals surface area contributed by atoms with Crippen molar-refractivity contribution in [1.29, 1.82) is 5.26 Å². The molecule has 0 radical (unpaired) electrons. The van der Waals surface area contributed by atoms with Crippen molar-refractivity contribution in [3.8, 4) is 6.07 Å². The predicted octanol–water partition coefficient (Wildman–Crippen LogP) is 1.86. The minimum atomic E-state index is -4.84. The lowest BCUT2D eigenvalue weighted by atomic mass is 9.96. The lowest BCUT2D eigenvalue weighted by Crippen LogP contribution is -2.16. The molecule has 0 saturated carbocycles. The highest BCUT2D eigenvalue weighted by atomic mass is 19.4. The number of alkyl halides is 3. The Labute approximate surface area is 100 Å². The Morgan fingerprint density at radius 2 is 2.11 bits per heavy atom. The highest BCUT2D eigenvalue weighted by Crippen LogP contribution is 2.36. The third kappa shape index (κ3) is 2.43. The zero-order chi connectivity index (χ0) is 13.9. The maximum absolute atomic E-state index is 12.8. The van der Waals surface area contributed by atoms with Crippen molar-refractivity contribution in [2.24, 2.45) is 0 Å². The van der Waals surface area contributed by atoms with Gasteiger partial charge in [0.2, 0.25) is 0 Å². The summed E-state index contributed by atoms with van der Waals surface area (Å²) in [5.41, 5.74) is -3.03. The summed E-state index contributed by atoms with van der Waals surface area (Å²) >= 11 is 0. The van der Waals surface area contributed by atoms with Crippen molar-refractivity contribution >= 4 is 5.97 Å². The number of rotatable bonds is 2. The molecule has 96 valence electrons. The van der Waals surface area contributed by atoms with Crippen LogP contribution in [-0.4, -0.2) is 18.2 Å². The summed E-state index contributed by atoms with van der Waals surface area (Å²) in [5.74, 6) is -1.01. The number of esters is 1. The number of carbonyl (C=O) groups excluding carboxylic acids is 1. The van der Waals surface area contributed by atoms with Gasteiger partial charge in [0, 0.05) is 5.56 Å². The normalized spacial score (nSPS) is 10.9. The molecule has 0 aliphatic heterocycles. The molecule has 0 heterocycles. The van der Waals surface area contributed by atoms with Crippen molar-refractivity contribution in [2.45, 2.75) is 12.8 Å². The molecule has 18 heavy (non-hydrogen) atoms. The van der Waals surface area contributed by atoms with E-state index >= 15 is 0 Å². The van der Waals surface area contributed by atoms with Gasteiger partial charge >= 0.3 is 12.1 Å². The zero-order valence-electron chi connectivity index (χ0n) is 9.21. The fourth-order valence-electron chi connectivity index (χ4n) is 1.53. The lowest BCUT2D eigenvalue weighted by molar-refractivity contribution is -0.138. The van der Waals surface area contributed by atoms with E-state index in [-0.39, 0.29) is 0 Å². The van der Waals surface area contributed by atoms with Crippen LogP contribution in [0, 0.1) is 11.3 Å². The van der Waals surface area contributed by atoms with Crippen molar-refractivity contribution in [3.63, 3.8) is 0 Å². The maximum Gasteiger partial charge on any atom is 0.418 e. The monoisotopic (exact) mass is 259 g/mol. The van der Waals surface area contributed by atoms with Gasteiger partial charge in [-0.25, -0.2) is 4.79 Å². The van der Waals surface area contributed by atoms with Crippen molar-refractivity contribution < 1.29 is 27.8 Å². The fraction of sp³-hybridized carbons (Fsp3) is 0.273. The first-order valence-corrected chi connectivity index (χ1v) is 4.69. The van der Waals surface area contributed by atoms with Crippen molar-refractivity contribution in [3.05, 3.63) is 34.4 Å². The number of hydrogen-bond acceptors (Lipinski definition) is 4. The molecule has 0 saturated heterocycles. The van der Waals surface area contributed by atoms with Crippen LogP contribution < -0.4 is 0 Å². The molecule has 0 aromatic heterocycles. The highest BCUT2D eigenvalue weighted by Gasteiger charge is 2.38. The summed E-state index contributed by atoms with van der Waals surface area (Å²) in [6.45, 7) is -1.02. The quantitative estimate of drug-likeness (QED) is 0.823. The molecule has 0 fully saturated rings. The van der Waals surface area contributed by atoms with Crippen LogP contribution in [0.1, 0.15) is 27.0 Å². The van der Waals surface area contributed by atoms with E-state index in [0.29, 0.717) is 0 Å². The van der Waals surface area contributed by atoms with Gasteiger partial charge in [-0.2, -0.15) is 18.4 Å². The van der Waals surface area contributed by atoms with Crippen LogP contribution in [0.5, 0.6) is 0 Å². The molecule has 1 aromatic rings. The smallest absolute Gasteiger partial charge is 0.418 e. The first-order chi connectivity index (χ1) is 8.36. The van der Waals surface area contributed by atoms with E-state index in [1.807, 2.05) is 0 Å². The Morgan fingerprint density at radius 3 is 2.50 bits per heavy atom. The SMILES string of the molecule is COC(=O)c1ccc(C#N)c(C(F)(F)F)c1CO. The standard InChI is InChI=1S/C11H8F3NO3/c1-18-10(17)7-3-2-6(4-15)9(8(7)5-16)11(12,13)14/h2-3,16H,5H2,1H3. The molecule has 0 aliphatic rings. The molecular formula is C11H8F3NO3. The van der Waals surface area contributed by atoms with Gasteiger partial charge in [0.15, 0.2) is 0 Å². The predicted molar refractivity (Wildman–Crippen MR) is 53.4 cm³/mol. The second kappa shape index (κ2) is 5.06. The number of nitrogens with zero attached hydrogens (tertiary/aromatic N) is 1. The van der Waals surface area contributed by atoms with Gasteiger partial charge < -0.3 is 9.84 Å². The average molecular weight is 259 g/mol. The Bertz CT molecular complexity index is 517. The number of ether oxygens (including phenoxy) is 1. The van der Waals surface area contributed by atoms with Gasteiger partial charge in [-0.15, -0.1) is 0 Å². The number of methoxy groups -OCH3 is 1. The molecule has 4 nitrogen and oxygen atoms in total. The molecule has 0 spiro atoms. The number of aliphatic hydroxyl groups is 1. The number of aliphatic hydroxyl groups excluding tert-OH is 1. The van der Waals surface area contributed by atoms with E-state index in [1.54, 1.807) is 0 Å². The first-order valence-electron chi connectivity index (χ1n) is 4.69. The molecule has 0 unspecified atom stereocenters. The molecule has 7 heteroatoms. The summed E-state index contributed by atoms with van der Waals surface area (Å²) in [5, 5.41) is 17.7. The summed E-state index contributed by atoms with van der Waals surface area (Å²) < 4.78 is 42.8. The van der Waals surface area contributed by atoms with Crippen LogP contribution in [0.15, 0.2) is 12.1 Å². The Morgan fingerprint density at radius 1 is 1.50 bits per heavy atom. The van der Waals surface area contributed by atoms with Crippen LogP contribution >= 0.6 is 0 Å². The molecule has 0 atom stereocenters. The highest BCUT2D eigenvalue weighted by molar-refractivity contribution is 5.91. The number of halogens is 3. The minimum Gasteiger partial charge on any atom is -0.465 e. The number of benzene rings is 1. The zero-order valence-corrected chi connectivity index (χ0v) is 9.21. The largest absolute Gasteiger partial charge is 0.465 e. The lowest BCUT2D eigenvalue weighted by Gasteiger charge is -2.15. The molecule has 1 rings (SSSR count). The second-order valence-corrected chi connectivity index (χ2v) is 3.27. The van der Waals surface area contributed by atoms with Crippen LogP contribution in [0.2, 0.25) is 0 Å². The van der Waals surface area contributed by atoms with Gasteiger partial charge in [-0.3, -0.25) is 0 Å². The van der Waals surface area contributed by atoms with Gasteiger partial charge in [0.25, 0.3) is 0 Å². The molecule has 0 amide bonds. The molecule has 0 bridgehead atoms. The van der Waals surface area contributed by atoms with Gasteiger partial charge in [-0.1, -0.05) is 0 Å². The third-order valence-corrected chi connectivity index (χ3v) is 2.28. The van der Waals surface area contributed by atoms with E-state index in [4.69, 9.17) is 10.4 Å². The summed E-state index contributed by atoms with van der Waals surface area (Å²) in [7, 11) is 1.01. The van der Waals surface area contributed by atoms with Crippen LogP contribution in [0.25, 0.3) is 0 Å². The van der Waals surface area contributed by atoms with E-state index in [1.165, 1.54) is 6.07 Å². The molecular weight excluding hydrogens is 251 g/mol. The molecule has 1 aromatic carbocycles. The van der Waals surface area contributed by atoms with Gasteiger partial charge in [0.1, 0.15) is 0 Å². The minimum absolute atomic E-state index is 0.411. The van der Waals surface area contributed by atoms with E-state index in [9.17, 15) is 18.0 Å². The summed E-state index contributed by atoms with van der Waals surface area (Å²) in [4.78, 5) is 11.3. The first kappa shape index (κ1) is 14.0. The number of hydrogen-bond donors (Lipinski definition) is 1. The summed E-state index contributed by atoms with van der Waals surface area (Å²) in [6.07, 6.45) is -4.84. The Kier molecular flexibility index (Phi) is 3.93. The number of nitriles is 1. The van der Waals surface area contributed by atoms with Crippen molar-refractivity contribution in [2.75, 3.05) is 7.11 Å². The Balaban J connectivity index is 3.64. The Hall–Kier alpha value is -2.07. The molecule has 1 N–H and O–H groups in total. The average Bonchev–Trinajstić information content (AvgIpc) is 2.34. The van der Waals surface area contributed by atoms with E-state index in [0.717, 1.165) is 19.2 Å². The fourth-order valence-corrected chi connectivity index (χ4v) is 1.53. The van der Waals surface area contributed by atoms with Crippen molar-refractivity contribution in [1.82, 2.24) is 0 Å². The topological polar surface area (TPSA) is 70.3 Å². The maximum atomic E-state index is 12.8. The van der Waals surface area contributed by atoms with Gasteiger partial charge in [-0.05, 0) is 12.1 Å².